The highest BCUT2D eigenvalue weighted by atomic mass is 16.6. The van der Waals surface area contributed by atoms with Gasteiger partial charge < -0.3 is 77.5 Å². The number of hydrogen-bond acceptors (Lipinski definition) is 16. The second-order valence-electron chi connectivity index (χ2n) is 13.4. The molecule has 0 aliphatic carbocycles. The van der Waals surface area contributed by atoms with Gasteiger partial charge in [0.1, 0.15) is 6.61 Å². The summed E-state index contributed by atoms with van der Waals surface area (Å²) < 4.78 is 70.7. The highest BCUT2D eigenvalue weighted by Crippen LogP contribution is 1.96. The number of methoxy groups -OCH3 is 1. The largest absolute Gasteiger partial charge is 0.382 e. The maximum Gasteiger partial charge on any atom is 0.246 e. The lowest BCUT2D eigenvalue weighted by Crippen LogP contribution is -2.43. The van der Waals surface area contributed by atoms with Crippen molar-refractivity contribution in [3.63, 3.8) is 0 Å². The van der Waals surface area contributed by atoms with Crippen LogP contribution in [0, 0.1) is 0 Å². The second kappa shape index (κ2) is 57.9. The third-order valence-corrected chi connectivity index (χ3v) is 7.54. The van der Waals surface area contributed by atoms with Crippen molar-refractivity contribution in [1.82, 2.24) is 16.0 Å². The van der Waals surface area contributed by atoms with E-state index in [2.05, 4.69) is 36.7 Å². The van der Waals surface area contributed by atoms with Crippen molar-refractivity contribution < 1.29 is 76.0 Å². The molecule has 0 saturated carbocycles. The van der Waals surface area contributed by atoms with E-state index in [0.717, 1.165) is 12.8 Å². The van der Waals surface area contributed by atoms with E-state index in [9.17, 15) is 14.4 Å². The monoisotopic (exact) mass is 918 g/mol. The summed E-state index contributed by atoms with van der Waals surface area (Å²) in [4.78, 5) is 37.0. The Kier molecular flexibility index (Phi) is 59.9. The minimum atomic E-state index is -0.535. The zero-order valence-corrected chi connectivity index (χ0v) is 40.6. The van der Waals surface area contributed by atoms with Crippen LogP contribution < -0.4 is 16.0 Å². The predicted octanol–water partition coefficient (Wildman–Crippen LogP) is 2.98. The summed E-state index contributed by atoms with van der Waals surface area (Å²) >= 11 is 0. The summed E-state index contributed by atoms with van der Waals surface area (Å²) in [6.07, 6.45) is 3.66. The first kappa shape index (κ1) is 65.2. The van der Waals surface area contributed by atoms with Gasteiger partial charge in [-0.15, -0.1) is 0 Å². The van der Waals surface area contributed by atoms with E-state index in [-0.39, 0.29) is 76.3 Å². The summed E-state index contributed by atoms with van der Waals surface area (Å²) in [6.45, 7) is 24.1. The third-order valence-electron chi connectivity index (χ3n) is 7.54. The van der Waals surface area contributed by atoms with Crippen molar-refractivity contribution in [2.75, 3.05) is 179 Å². The van der Waals surface area contributed by atoms with E-state index in [1.807, 2.05) is 27.7 Å². The van der Waals surface area contributed by atoms with Crippen LogP contribution in [-0.4, -0.2) is 209 Å². The van der Waals surface area contributed by atoms with Gasteiger partial charge in [-0.25, -0.2) is 0 Å². The molecule has 0 spiro atoms. The minimum Gasteiger partial charge on any atom is -0.382 e. The third kappa shape index (κ3) is 57.9. The van der Waals surface area contributed by atoms with Crippen LogP contribution in [0.3, 0.4) is 0 Å². The number of ether oxygens (including phenoxy) is 13. The van der Waals surface area contributed by atoms with Crippen molar-refractivity contribution in [1.29, 1.82) is 0 Å². The second-order valence-corrected chi connectivity index (χ2v) is 13.4. The Labute approximate surface area is 380 Å². The number of hydrogen-bond donors (Lipinski definition) is 3. The van der Waals surface area contributed by atoms with E-state index in [1.165, 1.54) is 6.42 Å². The Bertz CT molecular complexity index is 929. The molecule has 2 atom stereocenters. The van der Waals surface area contributed by atoms with Crippen molar-refractivity contribution in [2.24, 2.45) is 0 Å². The zero-order valence-electron chi connectivity index (χ0n) is 40.6. The molecular formula is C44H91N3O16. The summed E-state index contributed by atoms with van der Waals surface area (Å²) in [5.41, 5.74) is 0. The van der Waals surface area contributed by atoms with Gasteiger partial charge in [-0.05, 0) is 19.8 Å². The molecule has 0 saturated heterocycles. The number of rotatable bonds is 47. The number of carbonyl (C=O) groups excluding carboxylic acids is 3. The summed E-state index contributed by atoms with van der Waals surface area (Å²) in [5.74, 6) is -0.744. The average Bonchev–Trinajstić information content (AvgIpc) is 3.28. The summed E-state index contributed by atoms with van der Waals surface area (Å²) in [5, 5.41) is 8.39. The highest BCUT2D eigenvalue weighted by Gasteiger charge is 2.15. The van der Waals surface area contributed by atoms with Crippen molar-refractivity contribution in [3.05, 3.63) is 0 Å². The first-order valence-electron chi connectivity index (χ1n) is 23.1. The van der Waals surface area contributed by atoms with Crippen LogP contribution in [0.1, 0.15) is 80.6 Å². The predicted molar refractivity (Wildman–Crippen MR) is 241 cm³/mol. The number of carbonyl (C=O) groups is 3. The van der Waals surface area contributed by atoms with Crippen LogP contribution >= 0.6 is 0 Å². The first-order valence-corrected chi connectivity index (χ1v) is 23.1. The van der Waals surface area contributed by atoms with Crippen molar-refractivity contribution >= 4 is 17.7 Å². The molecule has 0 fully saturated rings. The maximum absolute atomic E-state index is 12.6. The topological polar surface area (TPSA) is 207 Å². The molecule has 19 nitrogen and oxygen atoms in total. The molecule has 0 aromatic heterocycles. The molecular weight excluding hydrogens is 826 g/mol. The van der Waals surface area contributed by atoms with E-state index in [4.69, 9.17) is 61.6 Å². The molecule has 0 rings (SSSR count). The van der Waals surface area contributed by atoms with Gasteiger partial charge in [-0.3, -0.25) is 14.4 Å². The van der Waals surface area contributed by atoms with Gasteiger partial charge in [-0.1, -0.05) is 48.0 Å². The van der Waals surface area contributed by atoms with Gasteiger partial charge in [0.05, 0.1) is 157 Å². The van der Waals surface area contributed by atoms with Crippen LogP contribution in [0.25, 0.3) is 0 Å². The minimum absolute atomic E-state index is 0.0912. The quantitative estimate of drug-likeness (QED) is 0.0751. The number of nitrogens with one attached hydrogen (secondary N) is 3. The molecule has 0 radical (unpaired) electrons. The molecule has 2 unspecified atom stereocenters. The molecule has 0 aliphatic heterocycles. The fraction of sp³-hybridized carbons (Fsp3) is 0.932. The lowest BCUT2D eigenvalue weighted by Gasteiger charge is -2.19. The van der Waals surface area contributed by atoms with Crippen molar-refractivity contribution in [3.8, 4) is 0 Å². The Morgan fingerprint density at radius 1 is 0.444 bits per heavy atom. The molecule has 3 N–H and O–H groups in total. The van der Waals surface area contributed by atoms with Crippen molar-refractivity contribution in [2.45, 2.75) is 92.7 Å². The van der Waals surface area contributed by atoms with Crippen LogP contribution in [0.15, 0.2) is 0 Å². The molecule has 0 aromatic rings. The molecule has 63 heavy (non-hydrogen) atoms. The van der Waals surface area contributed by atoms with Gasteiger partial charge >= 0.3 is 0 Å². The molecule has 0 aliphatic rings. The Hall–Kier alpha value is -2.11. The van der Waals surface area contributed by atoms with Gasteiger partial charge in [0.15, 0.2) is 0 Å². The molecule has 3 amide bonds. The van der Waals surface area contributed by atoms with Gasteiger partial charge in [0.2, 0.25) is 17.7 Å². The summed E-state index contributed by atoms with van der Waals surface area (Å²) in [6, 6.07) is -0.535. The first-order chi connectivity index (χ1) is 30.8. The normalized spacial score (nSPS) is 11.8. The van der Waals surface area contributed by atoms with E-state index >= 15 is 0 Å². The van der Waals surface area contributed by atoms with Gasteiger partial charge in [0, 0.05) is 39.6 Å². The van der Waals surface area contributed by atoms with E-state index in [0.29, 0.717) is 132 Å². The smallest absolute Gasteiger partial charge is 0.246 e. The van der Waals surface area contributed by atoms with E-state index in [1.54, 1.807) is 7.11 Å². The zero-order chi connectivity index (χ0) is 47.1. The molecule has 378 valence electrons. The fourth-order valence-electron chi connectivity index (χ4n) is 4.28. The molecule has 0 bridgehead atoms. The SMILES string of the molecule is CC.CCC.CCCOCCOCCOCC(=O)NC(COCCC(=O)NCCOCCOCCOCCOC)COCCC(=O)NCCOCCOCCOCCOC(C)CC. The van der Waals surface area contributed by atoms with Crippen LogP contribution in [0.2, 0.25) is 0 Å². The maximum atomic E-state index is 12.6. The van der Waals surface area contributed by atoms with E-state index < -0.39 is 6.04 Å². The summed E-state index contributed by atoms with van der Waals surface area (Å²) in [7, 11) is 1.62. The Balaban J connectivity index is -0.00000687. The number of amides is 3. The fourth-order valence-corrected chi connectivity index (χ4v) is 4.28. The standard InChI is InChI=1S/C39H77N3O16.C3H8.C2H6/c1-5-11-47-18-21-53-28-29-57-34-39(45)42-36(32-55-12-7-37(43)40-9-14-48-19-22-51-25-24-50-17-16-46-4)33-56-13-8-38(44)41-10-15-49-20-23-52-26-27-54-30-31-58-35(3)6-2;1-3-2;1-2/h35-36H,5-34H2,1-4H3,(H,40,43)(H,41,44)(H,42,45);3H2,1-2H3;1-2H3. The van der Waals surface area contributed by atoms with Gasteiger partial charge in [-0.2, -0.15) is 0 Å². The Morgan fingerprint density at radius 2 is 0.810 bits per heavy atom. The lowest BCUT2D eigenvalue weighted by molar-refractivity contribution is -0.129. The highest BCUT2D eigenvalue weighted by molar-refractivity contribution is 5.77. The van der Waals surface area contributed by atoms with Crippen LogP contribution in [0.5, 0.6) is 0 Å². The van der Waals surface area contributed by atoms with Crippen LogP contribution in [-0.2, 0) is 76.0 Å². The lowest BCUT2D eigenvalue weighted by atomic mass is 10.3. The Morgan fingerprint density at radius 3 is 1.21 bits per heavy atom. The molecule has 0 aromatic carbocycles. The van der Waals surface area contributed by atoms with Gasteiger partial charge in [0.25, 0.3) is 0 Å². The molecule has 19 heteroatoms. The van der Waals surface area contributed by atoms with Crippen LogP contribution in [0.4, 0.5) is 0 Å². The average molecular weight is 918 g/mol. The molecule has 0 heterocycles.